The fourth-order valence-electron chi connectivity index (χ4n) is 2.22. The average molecular weight is 228 g/mol. The molecule has 2 rings (SSSR count). The summed E-state index contributed by atoms with van der Waals surface area (Å²) in [6.45, 7) is 2.51. The fourth-order valence-corrected chi connectivity index (χ4v) is 2.22. The molecule has 0 radical (unpaired) electrons. The highest BCUT2D eigenvalue weighted by atomic mass is 16.1. The van der Waals surface area contributed by atoms with E-state index in [2.05, 4.69) is 11.4 Å². The van der Waals surface area contributed by atoms with Crippen molar-refractivity contribution >= 4 is 5.91 Å². The topological polar surface area (TPSA) is 52.9 Å². The smallest absolute Gasteiger partial charge is 0.251 e. The molecule has 3 heteroatoms. The van der Waals surface area contributed by atoms with Gasteiger partial charge < -0.3 is 5.32 Å². The third-order valence-electron chi connectivity index (χ3n) is 3.44. The first-order valence-electron chi connectivity index (χ1n) is 6.02. The third-order valence-corrected chi connectivity index (χ3v) is 3.44. The van der Waals surface area contributed by atoms with E-state index in [0.29, 0.717) is 12.1 Å². The van der Waals surface area contributed by atoms with E-state index in [1.165, 1.54) is 0 Å². The number of nitriles is 1. The van der Waals surface area contributed by atoms with Crippen molar-refractivity contribution in [3.63, 3.8) is 0 Å². The molecule has 88 valence electrons. The first-order valence-corrected chi connectivity index (χ1v) is 6.02. The van der Waals surface area contributed by atoms with E-state index in [1.54, 1.807) is 6.07 Å². The van der Waals surface area contributed by atoms with Crippen LogP contribution in [0.5, 0.6) is 0 Å². The number of benzene rings is 1. The zero-order valence-corrected chi connectivity index (χ0v) is 9.99. The van der Waals surface area contributed by atoms with Gasteiger partial charge in [0.1, 0.15) is 0 Å². The lowest BCUT2D eigenvalue weighted by Gasteiger charge is -2.35. The second kappa shape index (κ2) is 4.58. The average Bonchev–Trinajstić information content (AvgIpc) is 2.29. The molecular formula is C14H16N2O. The van der Waals surface area contributed by atoms with Gasteiger partial charge in [-0.15, -0.1) is 0 Å². The highest BCUT2D eigenvalue weighted by Crippen LogP contribution is 2.43. The van der Waals surface area contributed by atoms with Crippen molar-refractivity contribution in [3.8, 4) is 6.07 Å². The van der Waals surface area contributed by atoms with Gasteiger partial charge in [-0.05, 0) is 43.9 Å². The Morgan fingerprint density at radius 3 is 2.82 bits per heavy atom. The molecule has 0 aromatic heterocycles. The molecule has 1 aromatic carbocycles. The van der Waals surface area contributed by atoms with Crippen LogP contribution < -0.4 is 5.32 Å². The van der Waals surface area contributed by atoms with Crippen molar-refractivity contribution in [1.82, 2.24) is 5.32 Å². The second-order valence-corrected chi connectivity index (χ2v) is 4.49. The quantitative estimate of drug-likeness (QED) is 0.863. The molecule has 0 unspecified atom stereocenters. The molecule has 0 heterocycles. The number of amides is 1. The molecule has 0 bridgehead atoms. The summed E-state index contributed by atoms with van der Waals surface area (Å²) in [5.74, 6) is -0.0678. The summed E-state index contributed by atoms with van der Waals surface area (Å²) in [7, 11) is 0. The lowest BCUT2D eigenvalue weighted by molar-refractivity contribution is 0.0955. The number of carbonyl (C=O) groups excluding carboxylic acids is 1. The highest BCUT2D eigenvalue weighted by Gasteiger charge is 2.39. The van der Waals surface area contributed by atoms with Crippen molar-refractivity contribution in [2.45, 2.75) is 31.6 Å². The molecule has 0 saturated heterocycles. The summed E-state index contributed by atoms with van der Waals surface area (Å²) in [6.07, 6.45) is 2.91. The van der Waals surface area contributed by atoms with E-state index in [0.717, 1.165) is 24.8 Å². The summed E-state index contributed by atoms with van der Waals surface area (Å²) in [4.78, 5) is 11.7. The fraction of sp³-hybridized carbons (Fsp3) is 0.429. The maximum atomic E-state index is 11.7. The van der Waals surface area contributed by atoms with Gasteiger partial charge in [-0.2, -0.15) is 5.26 Å². The van der Waals surface area contributed by atoms with E-state index in [1.807, 2.05) is 25.1 Å². The van der Waals surface area contributed by atoms with E-state index >= 15 is 0 Å². The van der Waals surface area contributed by atoms with E-state index in [4.69, 9.17) is 0 Å². The predicted octanol–water partition coefficient (Wildman–Crippen LogP) is 2.38. The molecular weight excluding hydrogens is 212 g/mol. The Balaban J connectivity index is 2.29. The largest absolute Gasteiger partial charge is 0.352 e. The van der Waals surface area contributed by atoms with Gasteiger partial charge in [-0.25, -0.2) is 0 Å². The number of rotatable bonds is 3. The molecule has 1 saturated carbocycles. The third kappa shape index (κ3) is 2.03. The molecule has 1 aliphatic carbocycles. The Labute approximate surface area is 101 Å². The van der Waals surface area contributed by atoms with Crippen LogP contribution in [-0.2, 0) is 5.41 Å². The molecule has 1 amide bonds. The number of hydrogen-bond acceptors (Lipinski definition) is 2. The Kier molecular flexibility index (Phi) is 3.14. The molecule has 1 fully saturated rings. The number of nitrogens with one attached hydrogen (secondary N) is 1. The van der Waals surface area contributed by atoms with Gasteiger partial charge in [0.2, 0.25) is 0 Å². The molecule has 1 aromatic rings. The summed E-state index contributed by atoms with van der Waals surface area (Å²) < 4.78 is 0. The predicted molar refractivity (Wildman–Crippen MR) is 65.6 cm³/mol. The Bertz CT molecular complexity index is 469. The van der Waals surface area contributed by atoms with Crippen molar-refractivity contribution in [2.75, 3.05) is 6.54 Å². The number of carbonyl (C=O) groups is 1. The Morgan fingerprint density at radius 1 is 1.53 bits per heavy atom. The summed E-state index contributed by atoms with van der Waals surface area (Å²) >= 11 is 0. The van der Waals surface area contributed by atoms with Crippen LogP contribution in [0.3, 0.4) is 0 Å². The van der Waals surface area contributed by atoms with Crippen LogP contribution in [0.25, 0.3) is 0 Å². The lowest BCUT2D eigenvalue weighted by Crippen LogP contribution is -2.32. The van der Waals surface area contributed by atoms with Crippen molar-refractivity contribution < 1.29 is 4.79 Å². The number of nitrogens with zero attached hydrogens (tertiary/aromatic N) is 1. The van der Waals surface area contributed by atoms with Crippen molar-refractivity contribution in [1.29, 1.82) is 5.26 Å². The molecule has 0 aliphatic heterocycles. The number of hydrogen-bond donors (Lipinski definition) is 1. The maximum Gasteiger partial charge on any atom is 0.251 e. The molecule has 3 nitrogen and oxygen atoms in total. The van der Waals surface area contributed by atoms with Gasteiger partial charge in [0, 0.05) is 12.1 Å². The maximum absolute atomic E-state index is 11.7. The zero-order chi connectivity index (χ0) is 12.3. The molecule has 1 aliphatic rings. The minimum absolute atomic E-state index is 0.0678. The van der Waals surface area contributed by atoms with Crippen LogP contribution in [0.4, 0.5) is 0 Å². The summed E-state index contributed by atoms with van der Waals surface area (Å²) in [5, 5.41) is 12.0. The van der Waals surface area contributed by atoms with E-state index in [-0.39, 0.29) is 11.3 Å². The Morgan fingerprint density at radius 2 is 2.29 bits per heavy atom. The summed E-state index contributed by atoms with van der Waals surface area (Å²) in [5.41, 5.74) is 1.28. The Hall–Kier alpha value is -1.82. The van der Waals surface area contributed by atoms with Crippen LogP contribution in [0.2, 0.25) is 0 Å². The lowest BCUT2D eigenvalue weighted by atomic mass is 9.65. The SMILES string of the molecule is CCNC(=O)c1cccc(C2(C#N)CCC2)c1. The minimum Gasteiger partial charge on any atom is -0.352 e. The molecule has 0 atom stereocenters. The zero-order valence-electron chi connectivity index (χ0n) is 9.99. The van der Waals surface area contributed by atoms with Crippen LogP contribution in [0.1, 0.15) is 42.1 Å². The van der Waals surface area contributed by atoms with E-state index < -0.39 is 0 Å². The first-order chi connectivity index (χ1) is 8.22. The molecule has 0 spiro atoms. The van der Waals surface area contributed by atoms with Crippen molar-refractivity contribution in [2.24, 2.45) is 0 Å². The van der Waals surface area contributed by atoms with Crippen LogP contribution >= 0.6 is 0 Å². The van der Waals surface area contributed by atoms with Crippen LogP contribution in [-0.4, -0.2) is 12.5 Å². The second-order valence-electron chi connectivity index (χ2n) is 4.49. The van der Waals surface area contributed by atoms with Gasteiger partial charge in [-0.3, -0.25) is 4.79 Å². The van der Waals surface area contributed by atoms with Gasteiger partial charge in [-0.1, -0.05) is 12.1 Å². The molecule has 1 N–H and O–H groups in total. The molecule has 17 heavy (non-hydrogen) atoms. The van der Waals surface area contributed by atoms with Gasteiger partial charge in [0.05, 0.1) is 11.5 Å². The van der Waals surface area contributed by atoms with Gasteiger partial charge >= 0.3 is 0 Å². The van der Waals surface area contributed by atoms with Gasteiger partial charge in [0.25, 0.3) is 5.91 Å². The van der Waals surface area contributed by atoms with E-state index in [9.17, 15) is 10.1 Å². The summed E-state index contributed by atoms with van der Waals surface area (Å²) in [6, 6.07) is 9.85. The normalized spacial score (nSPS) is 16.7. The monoisotopic (exact) mass is 228 g/mol. The minimum atomic E-state index is -0.345. The van der Waals surface area contributed by atoms with Crippen LogP contribution in [0, 0.1) is 11.3 Å². The van der Waals surface area contributed by atoms with Gasteiger partial charge in [0.15, 0.2) is 0 Å². The van der Waals surface area contributed by atoms with Crippen LogP contribution in [0.15, 0.2) is 24.3 Å². The first kappa shape index (κ1) is 11.7. The highest BCUT2D eigenvalue weighted by molar-refractivity contribution is 5.94. The standard InChI is InChI=1S/C14H16N2O/c1-2-16-13(17)11-5-3-6-12(9-11)14(10-15)7-4-8-14/h3,5-6,9H,2,4,7-8H2,1H3,(H,16,17). The van der Waals surface area contributed by atoms with Crippen molar-refractivity contribution in [3.05, 3.63) is 35.4 Å².